The maximum atomic E-state index is 13.3. The SMILES string of the molecule is CCc1nc(C(=O)O)nn1-c1cc(C)cc(F)c1. The molecule has 1 aromatic heterocycles. The van der Waals surface area contributed by atoms with Crippen molar-refractivity contribution in [1.82, 2.24) is 14.8 Å². The van der Waals surface area contributed by atoms with E-state index in [1.807, 2.05) is 6.92 Å². The summed E-state index contributed by atoms with van der Waals surface area (Å²) >= 11 is 0. The Balaban J connectivity index is 2.58. The molecule has 18 heavy (non-hydrogen) atoms. The number of nitrogens with zero attached hydrogens (tertiary/aromatic N) is 3. The molecule has 1 aromatic carbocycles. The fraction of sp³-hybridized carbons (Fsp3) is 0.250. The van der Waals surface area contributed by atoms with Crippen LogP contribution in [0.2, 0.25) is 0 Å². The van der Waals surface area contributed by atoms with E-state index in [1.54, 1.807) is 13.0 Å². The number of rotatable bonds is 3. The Morgan fingerprint density at radius 3 is 2.72 bits per heavy atom. The van der Waals surface area contributed by atoms with Crippen molar-refractivity contribution >= 4 is 5.97 Å². The normalized spacial score (nSPS) is 10.6. The summed E-state index contributed by atoms with van der Waals surface area (Å²) in [5.74, 6) is -1.39. The minimum atomic E-state index is -1.20. The van der Waals surface area contributed by atoms with Gasteiger partial charge in [-0.3, -0.25) is 0 Å². The van der Waals surface area contributed by atoms with Crippen LogP contribution in [0.5, 0.6) is 0 Å². The zero-order chi connectivity index (χ0) is 13.3. The Labute approximate surface area is 103 Å². The average Bonchev–Trinajstić information content (AvgIpc) is 2.71. The van der Waals surface area contributed by atoms with Crippen LogP contribution in [0.4, 0.5) is 4.39 Å². The minimum absolute atomic E-state index is 0.284. The highest BCUT2D eigenvalue weighted by Gasteiger charge is 2.15. The number of hydrogen-bond donors (Lipinski definition) is 1. The van der Waals surface area contributed by atoms with E-state index >= 15 is 0 Å². The van der Waals surface area contributed by atoms with Crippen LogP contribution in [0.15, 0.2) is 18.2 Å². The number of hydrogen-bond acceptors (Lipinski definition) is 3. The van der Waals surface area contributed by atoms with Crippen molar-refractivity contribution < 1.29 is 14.3 Å². The zero-order valence-corrected chi connectivity index (χ0v) is 10.0. The summed E-state index contributed by atoms with van der Waals surface area (Å²) in [6.07, 6.45) is 0.510. The molecule has 0 spiro atoms. The lowest BCUT2D eigenvalue weighted by atomic mass is 10.2. The first-order chi connectivity index (χ1) is 8.51. The summed E-state index contributed by atoms with van der Waals surface area (Å²) < 4.78 is 14.7. The van der Waals surface area contributed by atoms with Gasteiger partial charge >= 0.3 is 5.97 Å². The molecular weight excluding hydrogens is 237 g/mol. The lowest BCUT2D eigenvalue weighted by Crippen LogP contribution is -2.04. The van der Waals surface area contributed by atoms with Gasteiger partial charge in [0.15, 0.2) is 0 Å². The van der Waals surface area contributed by atoms with Crippen LogP contribution < -0.4 is 0 Å². The smallest absolute Gasteiger partial charge is 0.375 e. The van der Waals surface area contributed by atoms with Gasteiger partial charge in [0.2, 0.25) is 0 Å². The lowest BCUT2D eigenvalue weighted by Gasteiger charge is -2.05. The second-order valence-electron chi connectivity index (χ2n) is 3.91. The summed E-state index contributed by atoms with van der Waals surface area (Å²) in [6, 6.07) is 4.42. The molecule has 1 N–H and O–H groups in total. The highest BCUT2D eigenvalue weighted by atomic mass is 19.1. The maximum Gasteiger partial charge on any atom is 0.375 e. The fourth-order valence-corrected chi connectivity index (χ4v) is 1.71. The van der Waals surface area contributed by atoms with Crippen LogP contribution in [-0.4, -0.2) is 25.8 Å². The molecule has 0 fully saturated rings. The first-order valence-electron chi connectivity index (χ1n) is 5.48. The standard InChI is InChI=1S/C12H12FN3O2/c1-3-10-14-11(12(17)18)15-16(10)9-5-7(2)4-8(13)6-9/h4-6H,3H2,1-2H3,(H,17,18). The predicted molar refractivity (Wildman–Crippen MR) is 62.4 cm³/mol. The van der Waals surface area contributed by atoms with Gasteiger partial charge in [-0.15, -0.1) is 5.10 Å². The van der Waals surface area contributed by atoms with Gasteiger partial charge < -0.3 is 5.11 Å². The van der Waals surface area contributed by atoms with E-state index in [9.17, 15) is 9.18 Å². The van der Waals surface area contributed by atoms with Crippen LogP contribution >= 0.6 is 0 Å². The largest absolute Gasteiger partial charge is 0.475 e. The van der Waals surface area contributed by atoms with Gasteiger partial charge in [-0.05, 0) is 30.7 Å². The van der Waals surface area contributed by atoms with Gasteiger partial charge in [0, 0.05) is 6.42 Å². The van der Waals surface area contributed by atoms with E-state index in [0.717, 1.165) is 5.56 Å². The quantitative estimate of drug-likeness (QED) is 0.903. The van der Waals surface area contributed by atoms with Crippen molar-refractivity contribution in [2.75, 3.05) is 0 Å². The van der Waals surface area contributed by atoms with Gasteiger partial charge in [-0.25, -0.2) is 18.9 Å². The number of aromatic carboxylic acids is 1. The van der Waals surface area contributed by atoms with Crippen molar-refractivity contribution in [2.24, 2.45) is 0 Å². The Morgan fingerprint density at radius 2 is 2.17 bits per heavy atom. The average molecular weight is 249 g/mol. The van der Waals surface area contributed by atoms with E-state index in [4.69, 9.17) is 5.11 Å². The number of benzene rings is 1. The van der Waals surface area contributed by atoms with E-state index in [0.29, 0.717) is 17.9 Å². The molecule has 2 aromatic rings. The van der Waals surface area contributed by atoms with Crippen LogP contribution in [0.3, 0.4) is 0 Å². The third kappa shape index (κ3) is 2.22. The molecule has 0 amide bonds. The van der Waals surface area contributed by atoms with Gasteiger partial charge in [-0.2, -0.15) is 0 Å². The molecule has 0 bridgehead atoms. The van der Waals surface area contributed by atoms with Crippen LogP contribution in [0, 0.1) is 12.7 Å². The maximum absolute atomic E-state index is 13.3. The summed E-state index contributed by atoms with van der Waals surface area (Å²) in [7, 11) is 0. The summed E-state index contributed by atoms with van der Waals surface area (Å²) in [6.45, 7) is 3.59. The molecule has 6 heteroatoms. The molecule has 1 heterocycles. The van der Waals surface area contributed by atoms with E-state index in [1.165, 1.54) is 16.8 Å². The molecule has 0 aliphatic rings. The van der Waals surface area contributed by atoms with E-state index in [-0.39, 0.29) is 11.6 Å². The Bertz CT molecular complexity index is 587. The Morgan fingerprint density at radius 1 is 1.44 bits per heavy atom. The third-order valence-corrected chi connectivity index (χ3v) is 2.45. The molecule has 0 radical (unpaired) electrons. The number of carbonyl (C=O) groups is 1. The Kier molecular flexibility index (Phi) is 3.10. The molecular formula is C12H12FN3O2. The number of halogens is 1. The third-order valence-electron chi connectivity index (χ3n) is 2.45. The van der Waals surface area contributed by atoms with Gasteiger partial charge in [0.1, 0.15) is 11.6 Å². The molecule has 0 saturated heterocycles. The number of aromatic nitrogens is 3. The molecule has 2 rings (SSSR count). The highest BCUT2D eigenvalue weighted by molar-refractivity contribution is 5.83. The van der Waals surface area contributed by atoms with E-state index < -0.39 is 5.97 Å². The highest BCUT2D eigenvalue weighted by Crippen LogP contribution is 2.15. The van der Waals surface area contributed by atoms with Crippen molar-refractivity contribution in [3.8, 4) is 5.69 Å². The Hall–Kier alpha value is -2.24. The second kappa shape index (κ2) is 4.56. The molecule has 0 unspecified atom stereocenters. The van der Waals surface area contributed by atoms with Crippen molar-refractivity contribution in [2.45, 2.75) is 20.3 Å². The lowest BCUT2D eigenvalue weighted by molar-refractivity contribution is 0.0683. The molecule has 0 aliphatic carbocycles. The molecule has 5 nitrogen and oxygen atoms in total. The van der Waals surface area contributed by atoms with E-state index in [2.05, 4.69) is 10.1 Å². The van der Waals surface area contributed by atoms with Crippen molar-refractivity contribution in [1.29, 1.82) is 0 Å². The molecule has 94 valence electrons. The monoisotopic (exact) mass is 249 g/mol. The molecule has 0 saturated carbocycles. The molecule has 0 aliphatic heterocycles. The van der Waals surface area contributed by atoms with Crippen molar-refractivity contribution in [3.05, 3.63) is 41.2 Å². The number of carboxylic acids is 1. The minimum Gasteiger partial charge on any atom is -0.475 e. The van der Waals surface area contributed by atoms with Crippen LogP contribution in [0.1, 0.15) is 28.9 Å². The van der Waals surface area contributed by atoms with Gasteiger partial charge in [0.05, 0.1) is 5.69 Å². The topological polar surface area (TPSA) is 68.0 Å². The van der Waals surface area contributed by atoms with Gasteiger partial charge in [-0.1, -0.05) is 6.92 Å². The first-order valence-corrected chi connectivity index (χ1v) is 5.48. The predicted octanol–water partition coefficient (Wildman–Crippen LogP) is 1.98. The molecule has 0 atom stereocenters. The summed E-state index contributed by atoms with van der Waals surface area (Å²) in [5.41, 5.74) is 1.21. The first kappa shape index (κ1) is 12.2. The van der Waals surface area contributed by atoms with Crippen LogP contribution in [0.25, 0.3) is 5.69 Å². The summed E-state index contributed by atoms with van der Waals surface area (Å²) in [4.78, 5) is 14.7. The number of carboxylic acid groups (broad SMARTS) is 1. The fourth-order valence-electron chi connectivity index (χ4n) is 1.71. The number of aryl methyl sites for hydroxylation is 2. The van der Waals surface area contributed by atoms with Gasteiger partial charge in [0.25, 0.3) is 5.82 Å². The van der Waals surface area contributed by atoms with Crippen LogP contribution in [-0.2, 0) is 6.42 Å². The second-order valence-corrected chi connectivity index (χ2v) is 3.91. The zero-order valence-electron chi connectivity index (χ0n) is 10.0. The summed E-state index contributed by atoms with van der Waals surface area (Å²) in [5, 5.41) is 12.7. The van der Waals surface area contributed by atoms with Crippen molar-refractivity contribution in [3.63, 3.8) is 0 Å².